The van der Waals surface area contributed by atoms with Gasteiger partial charge in [0.15, 0.2) is 9.84 Å². The molecule has 0 amide bonds. The van der Waals surface area contributed by atoms with Gasteiger partial charge >= 0.3 is 0 Å². The molecule has 4 heteroatoms. The Balaban J connectivity index is 1.77. The lowest BCUT2D eigenvalue weighted by Gasteiger charge is -2.42. The Labute approximate surface area is 131 Å². The second kappa shape index (κ2) is 5.86. The van der Waals surface area contributed by atoms with Crippen LogP contribution in [0.15, 0.2) is 59.5 Å². The molecule has 2 aromatic rings. The van der Waals surface area contributed by atoms with Crippen molar-refractivity contribution in [2.75, 3.05) is 12.4 Å². The van der Waals surface area contributed by atoms with Crippen molar-refractivity contribution in [3.8, 4) is 0 Å². The maximum Gasteiger partial charge on any atom is 0.178 e. The summed E-state index contributed by atoms with van der Waals surface area (Å²) in [7, 11) is -3.27. The van der Waals surface area contributed by atoms with Crippen molar-refractivity contribution >= 4 is 9.84 Å². The first-order chi connectivity index (χ1) is 10.5. The summed E-state index contributed by atoms with van der Waals surface area (Å²) in [4.78, 5) is 0.389. The number of hydrogen-bond donors (Lipinski definition) is 0. The van der Waals surface area contributed by atoms with Crippen molar-refractivity contribution in [2.45, 2.75) is 30.3 Å². The van der Waals surface area contributed by atoms with Gasteiger partial charge in [-0.3, -0.25) is 0 Å². The van der Waals surface area contributed by atoms with E-state index in [1.807, 2.05) is 49.4 Å². The van der Waals surface area contributed by atoms with Gasteiger partial charge < -0.3 is 4.74 Å². The van der Waals surface area contributed by atoms with E-state index in [9.17, 15) is 8.42 Å². The highest BCUT2D eigenvalue weighted by atomic mass is 32.2. The van der Waals surface area contributed by atoms with Crippen molar-refractivity contribution < 1.29 is 13.2 Å². The van der Waals surface area contributed by atoms with Crippen LogP contribution in [0.1, 0.15) is 24.0 Å². The highest BCUT2D eigenvalue weighted by molar-refractivity contribution is 7.91. The summed E-state index contributed by atoms with van der Waals surface area (Å²) in [5, 5.41) is 0. The molecular weight excluding hydrogens is 296 g/mol. The maximum atomic E-state index is 12.5. The van der Waals surface area contributed by atoms with E-state index in [1.54, 1.807) is 12.1 Å². The molecule has 1 aliphatic heterocycles. The van der Waals surface area contributed by atoms with Gasteiger partial charge in [0, 0.05) is 6.42 Å². The zero-order valence-corrected chi connectivity index (χ0v) is 13.5. The van der Waals surface area contributed by atoms with Crippen LogP contribution in [0, 0.1) is 6.92 Å². The van der Waals surface area contributed by atoms with Gasteiger partial charge in [0.1, 0.15) is 0 Å². The molecule has 116 valence electrons. The largest absolute Gasteiger partial charge is 0.370 e. The fourth-order valence-electron chi connectivity index (χ4n) is 2.82. The van der Waals surface area contributed by atoms with Crippen molar-refractivity contribution in [1.29, 1.82) is 0 Å². The molecule has 0 N–H and O–H groups in total. The van der Waals surface area contributed by atoms with E-state index in [4.69, 9.17) is 4.74 Å². The normalized spacial score (nSPS) is 21.3. The molecule has 2 aromatic carbocycles. The van der Waals surface area contributed by atoms with Crippen molar-refractivity contribution in [1.82, 2.24) is 0 Å². The minimum atomic E-state index is -3.27. The van der Waals surface area contributed by atoms with Crippen molar-refractivity contribution in [3.63, 3.8) is 0 Å². The van der Waals surface area contributed by atoms with Crippen LogP contribution in [-0.2, 0) is 20.2 Å². The first kappa shape index (κ1) is 15.3. The molecule has 22 heavy (non-hydrogen) atoms. The van der Waals surface area contributed by atoms with E-state index < -0.39 is 15.4 Å². The van der Waals surface area contributed by atoms with Gasteiger partial charge in [-0.2, -0.15) is 0 Å². The van der Waals surface area contributed by atoms with Crippen LogP contribution in [0.2, 0.25) is 0 Å². The van der Waals surface area contributed by atoms with Crippen LogP contribution in [-0.4, -0.2) is 20.8 Å². The standard InChI is InChI=1S/C18H20O3S/c1-15-7-9-17(10-8-15)22(19,20)14-12-18(11-13-21-18)16-5-3-2-4-6-16/h2-10H,11-14H2,1H3. The summed E-state index contributed by atoms with van der Waals surface area (Å²) in [5.41, 5.74) is 1.70. The van der Waals surface area contributed by atoms with Gasteiger partial charge in [-0.25, -0.2) is 8.42 Å². The van der Waals surface area contributed by atoms with Crippen LogP contribution in [0.3, 0.4) is 0 Å². The Morgan fingerprint density at radius 1 is 1.05 bits per heavy atom. The molecule has 1 heterocycles. The third kappa shape index (κ3) is 2.94. The second-order valence-electron chi connectivity index (χ2n) is 5.84. The number of sulfone groups is 1. The minimum Gasteiger partial charge on any atom is -0.370 e. The van der Waals surface area contributed by atoms with Crippen LogP contribution >= 0.6 is 0 Å². The fourth-order valence-corrected chi connectivity index (χ4v) is 4.21. The lowest BCUT2D eigenvalue weighted by Crippen LogP contribution is -2.42. The van der Waals surface area contributed by atoms with E-state index >= 15 is 0 Å². The van der Waals surface area contributed by atoms with E-state index in [1.165, 1.54) is 0 Å². The molecule has 3 rings (SSSR count). The molecule has 0 aliphatic carbocycles. The summed E-state index contributed by atoms with van der Waals surface area (Å²) >= 11 is 0. The predicted octanol–water partition coefficient (Wildman–Crippen LogP) is 3.47. The second-order valence-corrected chi connectivity index (χ2v) is 7.95. The molecule has 0 saturated carbocycles. The molecule has 0 bridgehead atoms. The average molecular weight is 316 g/mol. The van der Waals surface area contributed by atoms with Gasteiger partial charge in [0.2, 0.25) is 0 Å². The van der Waals surface area contributed by atoms with Crippen LogP contribution in [0.25, 0.3) is 0 Å². The summed E-state index contributed by atoms with van der Waals surface area (Å²) in [6, 6.07) is 16.9. The molecule has 0 aromatic heterocycles. The van der Waals surface area contributed by atoms with Gasteiger partial charge in [0.05, 0.1) is 22.9 Å². The molecular formula is C18H20O3S. The van der Waals surface area contributed by atoms with Crippen LogP contribution in [0.5, 0.6) is 0 Å². The Morgan fingerprint density at radius 2 is 1.68 bits per heavy atom. The summed E-state index contributed by atoms with van der Waals surface area (Å²) in [5.74, 6) is 0.102. The number of rotatable bonds is 5. The zero-order valence-electron chi connectivity index (χ0n) is 12.7. The zero-order chi connectivity index (χ0) is 15.6. The third-order valence-electron chi connectivity index (χ3n) is 4.34. The number of ether oxygens (including phenoxy) is 1. The first-order valence-corrected chi connectivity index (χ1v) is 9.16. The van der Waals surface area contributed by atoms with Crippen molar-refractivity contribution in [3.05, 3.63) is 65.7 Å². The Kier molecular flexibility index (Phi) is 4.06. The van der Waals surface area contributed by atoms with E-state index in [2.05, 4.69) is 0 Å². The van der Waals surface area contributed by atoms with Crippen LogP contribution in [0.4, 0.5) is 0 Å². The Bertz CT molecular complexity index is 730. The summed E-state index contributed by atoms with van der Waals surface area (Å²) < 4.78 is 30.8. The molecule has 1 atom stereocenters. The van der Waals surface area contributed by atoms with E-state index in [0.29, 0.717) is 17.9 Å². The molecule has 1 unspecified atom stereocenters. The lowest BCUT2D eigenvalue weighted by molar-refractivity contribution is -0.155. The monoisotopic (exact) mass is 316 g/mol. The molecule has 3 nitrogen and oxygen atoms in total. The van der Waals surface area contributed by atoms with Crippen LogP contribution < -0.4 is 0 Å². The van der Waals surface area contributed by atoms with Crippen molar-refractivity contribution in [2.24, 2.45) is 0 Å². The lowest BCUT2D eigenvalue weighted by atomic mass is 9.84. The number of aryl methyl sites for hydroxylation is 1. The maximum absolute atomic E-state index is 12.5. The third-order valence-corrected chi connectivity index (χ3v) is 6.07. The van der Waals surface area contributed by atoms with Gasteiger partial charge in [-0.15, -0.1) is 0 Å². The highest BCUT2D eigenvalue weighted by Crippen LogP contribution is 2.41. The topological polar surface area (TPSA) is 43.4 Å². The molecule has 1 aliphatic rings. The first-order valence-electron chi connectivity index (χ1n) is 7.51. The van der Waals surface area contributed by atoms with E-state index in [-0.39, 0.29) is 5.75 Å². The Hall–Kier alpha value is -1.65. The molecule has 1 fully saturated rings. The Morgan fingerprint density at radius 3 is 2.23 bits per heavy atom. The summed E-state index contributed by atoms with van der Waals surface area (Å²) in [6.45, 7) is 2.64. The minimum absolute atomic E-state index is 0.102. The SMILES string of the molecule is Cc1ccc(S(=O)(=O)CCC2(c3ccccc3)CCO2)cc1. The van der Waals surface area contributed by atoms with E-state index in [0.717, 1.165) is 17.5 Å². The molecule has 1 saturated heterocycles. The quantitative estimate of drug-likeness (QED) is 0.848. The summed E-state index contributed by atoms with van der Waals surface area (Å²) in [6.07, 6.45) is 1.37. The highest BCUT2D eigenvalue weighted by Gasteiger charge is 2.40. The van der Waals surface area contributed by atoms with Gasteiger partial charge in [0.25, 0.3) is 0 Å². The average Bonchev–Trinajstić information content (AvgIpc) is 2.47. The fraction of sp³-hybridized carbons (Fsp3) is 0.333. The number of benzene rings is 2. The molecule has 0 radical (unpaired) electrons. The smallest absolute Gasteiger partial charge is 0.178 e. The number of hydrogen-bond acceptors (Lipinski definition) is 3. The van der Waals surface area contributed by atoms with Gasteiger partial charge in [-0.1, -0.05) is 48.0 Å². The molecule has 0 spiro atoms. The van der Waals surface area contributed by atoms with Gasteiger partial charge in [-0.05, 0) is 31.0 Å². The predicted molar refractivity (Wildman–Crippen MR) is 86.5 cm³/mol.